The minimum absolute atomic E-state index is 0.209. The van der Waals surface area contributed by atoms with Crippen molar-refractivity contribution in [3.63, 3.8) is 0 Å². The molecule has 0 bridgehead atoms. The van der Waals surface area contributed by atoms with Gasteiger partial charge in [0.25, 0.3) is 0 Å². The summed E-state index contributed by atoms with van der Waals surface area (Å²) in [5, 5.41) is 0. The van der Waals surface area contributed by atoms with Gasteiger partial charge in [0.15, 0.2) is 17.9 Å². The fourth-order valence-electron chi connectivity index (χ4n) is 1.10. The first-order valence-corrected chi connectivity index (χ1v) is 3.97. The quantitative estimate of drug-likeness (QED) is 0.684. The maximum Gasteiger partial charge on any atom is 0.171 e. The van der Waals surface area contributed by atoms with Crippen molar-refractivity contribution in [3.8, 4) is 11.5 Å². The van der Waals surface area contributed by atoms with E-state index in [4.69, 9.17) is 4.42 Å². The number of carbonyl (C=O) groups is 1. The van der Waals surface area contributed by atoms with E-state index in [1.807, 2.05) is 0 Å². The summed E-state index contributed by atoms with van der Waals surface area (Å²) in [5.74, 6) is -0.122. The van der Waals surface area contributed by atoms with Crippen LogP contribution >= 0.6 is 0 Å². The first-order chi connectivity index (χ1) is 6.81. The molecule has 0 atom stereocenters. The van der Waals surface area contributed by atoms with Crippen LogP contribution in [-0.4, -0.2) is 11.3 Å². The summed E-state index contributed by atoms with van der Waals surface area (Å²) in [4.78, 5) is 14.2. The second kappa shape index (κ2) is 3.41. The summed E-state index contributed by atoms with van der Waals surface area (Å²) < 4.78 is 17.9. The highest BCUT2D eigenvalue weighted by molar-refractivity contribution is 5.73. The van der Waals surface area contributed by atoms with Crippen LogP contribution in [-0.2, 0) is 0 Å². The number of nitrogens with zero attached hydrogens (tertiary/aromatic N) is 1. The zero-order chi connectivity index (χ0) is 9.97. The molecule has 0 unspecified atom stereocenters. The molecule has 4 heteroatoms. The number of rotatable bonds is 2. The number of halogens is 1. The van der Waals surface area contributed by atoms with Crippen LogP contribution in [0.1, 0.15) is 10.5 Å². The molecule has 2 aromatic rings. The lowest BCUT2D eigenvalue weighted by molar-refractivity contribution is 0.111. The third kappa shape index (κ3) is 1.42. The standard InChI is InChI=1S/C10H6FNO2/c11-7-3-4-8(12-9(7)6-13)10-2-1-5-14-10/h1-6H. The Morgan fingerprint density at radius 2 is 2.21 bits per heavy atom. The molecule has 0 fully saturated rings. The monoisotopic (exact) mass is 191 g/mol. The van der Waals surface area contributed by atoms with Crippen molar-refractivity contribution in [1.29, 1.82) is 0 Å². The summed E-state index contributed by atoms with van der Waals surface area (Å²) in [6.45, 7) is 0. The lowest BCUT2D eigenvalue weighted by atomic mass is 10.2. The number of aldehydes is 1. The van der Waals surface area contributed by atoms with Crippen molar-refractivity contribution in [2.75, 3.05) is 0 Å². The third-order valence-corrected chi connectivity index (χ3v) is 1.76. The fourth-order valence-corrected chi connectivity index (χ4v) is 1.10. The Kier molecular flexibility index (Phi) is 2.10. The number of carbonyl (C=O) groups excluding carboxylic acids is 1. The molecule has 0 saturated carbocycles. The van der Waals surface area contributed by atoms with Crippen LogP contribution in [0, 0.1) is 5.82 Å². The molecule has 0 aliphatic carbocycles. The van der Waals surface area contributed by atoms with Crippen LogP contribution in [0.3, 0.4) is 0 Å². The Morgan fingerprint density at radius 3 is 2.86 bits per heavy atom. The highest BCUT2D eigenvalue weighted by Crippen LogP contribution is 2.18. The van der Waals surface area contributed by atoms with Gasteiger partial charge in [0.05, 0.1) is 6.26 Å². The zero-order valence-electron chi connectivity index (χ0n) is 7.11. The van der Waals surface area contributed by atoms with Crippen LogP contribution in [0.4, 0.5) is 4.39 Å². The molecular formula is C10H6FNO2. The van der Waals surface area contributed by atoms with E-state index in [0.717, 1.165) is 0 Å². The fraction of sp³-hybridized carbons (Fsp3) is 0. The number of furan rings is 1. The summed E-state index contributed by atoms with van der Waals surface area (Å²) in [7, 11) is 0. The lowest BCUT2D eigenvalue weighted by Gasteiger charge is -1.97. The van der Waals surface area contributed by atoms with Gasteiger partial charge < -0.3 is 4.42 Å². The van der Waals surface area contributed by atoms with Crippen molar-refractivity contribution < 1.29 is 13.6 Å². The Bertz CT molecular complexity index is 451. The van der Waals surface area contributed by atoms with Gasteiger partial charge in [-0.1, -0.05) is 0 Å². The third-order valence-electron chi connectivity index (χ3n) is 1.76. The van der Waals surface area contributed by atoms with Crippen LogP contribution in [0.15, 0.2) is 34.9 Å². The van der Waals surface area contributed by atoms with Gasteiger partial charge in [-0.15, -0.1) is 0 Å². The molecule has 2 aromatic heterocycles. The molecule has 0 saturated heterocycles. The minimum Gasteiger partial charge on any atom is -0.463 e. The molecule has 3 nitrogen and oxygen atoms in total. The second-order valence-corrected chi connectivity index (χ2v) is 2.66. The van der Waals surface area contributed by atoms with Gasteiger partial charge >= 0.3 is 0 Å². The normalized spacial score (nSPS) is 10.1. The summed E-state index contributed by atoms with van der Waals surface area (Å²) in [5.41, 5.74) is 0.234. The summed E-state index contributed by atoms with van der Waals surface area (Å²) >= 11 is 0. The van der Waals surface area contributed by atoms with Crippen molar-refractivity contribution in [1.82, 2.24) is 4.98 Å². The maximum atomic E-state index is 12.9. The van der Waals surface area contributed by atoms with Crippen LogP contribution in [0.2, 0.25) is 0 Å². The van der Waals surface area contributed by atoms with E-state index in [-0.39, 0.29) is 5.69 Å². The molecule has 0 aliphatic heterocycles. The molecule has 0 amide bonds. The molecule has 2 rings (SSSR count). The molecule has 2 heterocycles. The van der Waals surface area contributed by atoms with Crippen LogP contribution in [0.5, 0.6) is 0 Å². The van der Waals surface area contributed by atoms with E-state index in [0.29, 0.717) is 17.7 Å². The van der Waals surface area contributed by atoms with Gasteiger partial charge in [0.2, 0.25) is 0 Å². The Labute approximate surface area is 79.2 Å². The van der Waals surface area contributed by atoms with Crippen LogP contribution < -0.4 is 0 Å². The second-order valence-electron chi connectivity index (χ2n) is 2.66. The minimum atomic E-state index is -0.629. The molecular weight excluding hydrogens is 185 g/mol. The number of hydrogen-bond acceptors (Lipinski definition) is 3. The molecule has 70 valence electrons. The smallest absolute Gasteiger partial charge is 0.171 e. The van der Waals surface area contributed by atoms with E-state index in [1.54, 1.807) is 12.1 Å². The largest absolute Gasteiger partial charge is 0.463 e. The average Bonchev–Trinajstić information content (AvgIpc) is 2.71. The van der Waals surface area contributed by atoms with E-state index < -0.39 is 5.82 Å². The summed E-state index contributed by atoms with van der Waals surface area (Å²) in [6, 6.07) is 6.03. The van der Waals surface area contributed by atoms with Crippen LogP contribution in [0.25, 0.3) is 11.5 Å². The Hall–Kier alpha value is -1.97. The highest BCUT2D eigenvalue weighted by Gasteiger charge is 2.07. The molecule has 0 radical (unpaired) electrons. The van der Waals surface area contributed by atoms with Gasteiger partial charge in [-0.2, -0.15) is 0 Å². The van der Waals surface area contributed by atoms with Gasteiger partial charge in [-0.3, -0.25) is 4.79 Å². The molecule has 14 heavy (non-hydrogen) atoms. The molecule has 0 aromatic carbocycles. The molecule has 0 N–H and O–H groups in total. The van der Waals surface area contributed by atoms with E-state index in [1.165, 1.54) is 18.4 Å². The number of pyridine rings is 1. The van der Waals surface area contributed by atoms with Crippen molar-refractivity contribution in [2.45, 2.75) is 0 Å². The first kappa shape index (κ1) is 8.62. The number of aromatic nitrogens is 1. The van der Waals surface area contributed by atoms with E-state index in [9.17, 15) is 9.18 Å². The van der Waals surface area contributed by atoms with Gasteiger partial charge in [-0.25, -0.2) is 9.37 Å². The predicted octanol–water partition coefficient (Wildman–Crippen LogP) is 2.29. The van der Waals surface area contributed by atoms with Crippen molar-refractivity contribution in [2.24, 2.45) is 0 Å². The maximum absolute atomic E-state index is 12.9. The topological polar surface area (TPSA) is 43.1 Å². The Balaban J connectivity index is 2.51. The highest BCUT2D eigenvalue weighted by atomic mass is 19.1. The summed E-state index contributed by atoms with van der Waals surface area (Å²) in [6.07, 6.45) is 1.86. The Morgan fingerprint density at radius 1 is 1.36 bits per heavy atom. The van der Waals surface area contributed by atoms with Crippen molar-refractivity contribution >= 4 is 6.29 Å². The van der Waals surface area contributed by atoms with Gasteiger partial charge in [-0.05, 0) is 24.3 Å². The first-order valence-electron chi connectivity index (χ1n) is 3.97. The van der Waals surface area contributed by atoms with E-state index in [2.05, 4.69) is 4.98 Å². The molecule has 0 aliphatic rings. The predicted molar refractivity (Wildman–Crippen MR) is 47.3 cm³/mol. The zero-order valence-corrected chi connectivity index (χ0v) is 7.11. The average molecular weight is 191 g/mol. The van der Waals surface area contributed by atoms with Gasteiger partial charge in [0.1, 0.15) is 11.4 Å². The molecule has 0 spiro atoms. The lowest BCUT2D eigenvalue weighted by Crippen LogP contribution is -1.94. The number of hydrogen-bond donors (Lipinski definition) is 0. The van der Waals surface area contributed by atoms with Crippen molar-refractivity contribution in [3.05, 3.63) is 42.0 Å². The van der Waals surface area contributed by atoms with Gasteiger partial charge in [0, 0.05) is 0 Å². The SMILES string of the molecule is O=Cc1nc(-c2ccco2)ccc1F. The van der Waals surface area contributed by atoms with E-state index >= 15 is 0 Å².